The molecule has 0 aliphatic carbocycles. The van der Waals surface area contributed by atoms with Crippen LogP contribution in [-0.4, -0.2) is 14.9 Å². The van der Waals surface area contributed by atoms with Gasteiger partial charge in [0.1, 0.15) is 0 Å². The van der Waals surface area contributed by atoms with Gasteiger partial charge in [0.05, 0.1) is 0 Å². The van der Waals surface area contributed by atoms with Gasteiger partial charge in [-0.25, -0.2) is 5.41 Å². The van der Waals surface area contributed by atoms with Crippen molar-refractivity contribution >= 4 is 5.95 Å². The van der Waals surface area contributed by atoms with E-state index >= 15 is 0 Å². The predicted molar refractivity (Wildman–Crippen MR) is 26.8 cm³/mol. The van der Waals surface area contributed by atoms with Crippen LogP contribution in [0.1, 0.15) is 0 Å². The molecule has 1 aromatic heterocycles. The molecule has 0 aliphatic heterocycles. The van der Waals surface area contributed by atoms with E-state index in [4.69, 9.17) is 5.41 Å². The van der Waals surface area contributed by atoms with Gasteiger partial charge in [0.2, 0.25) is 0 Å². The van der Waals surface area contributed by atoms with E-state index in [9.17, 15) is 10.1 Å². The van der Waals surface area contributed by atoms with Crippen molar-refractivity contribution in [2.75, 3.05) is 0 Å². The number of nitrogens with one attached hydrogen (secondary N) is 1. The monoisotopic (exact) mass is 142 g/mol. The summed E-state index contributed by atoms with van der Waals surface area (Å²) in [5, 5.41) is 16.6. The molecule has 1 N–H and O–H groups in total. The Balaban J connectivity index is 3.20. The molecule has 0 saturated carbocycles. The molecule has 0 spiro atoms. The highest BCUT2D eigenvalue weighted by Gasteiger charge is 2.07. The number of hydrogen-bond donors (Lipinski definition) is 1. The molecule has 0 amide bonds. The van der Waals surface area contributed by atoms with Gasteiger partial charge < -0.3 is 14.5 Å². The molecule has 10 heavy (non-hydrogen) atoms. The summed E-state index contributed by atoms with van der Waals surface area (Å²) in [5.41, 5.74) is -0.526. The van der Waals surface area contributed by atoms with E-state index in [1.807, 2.05) is 0 Å². The van der Waals surface area contributed by atoms with Crippen LogP contribution in [0, 0.1) is 15.5 Å². The third kappa shape index (κ3) is 1.13. The minimum atomic E-state index is -0.798. The van der Waals surface area contributed by atoms with E-state index < -0.39 is 16.6 Å². The van der Waals surface area contributed by atoms with Crippen LogP contribution in [0.2, 0.25) is 0 Å². The normalized spacial score (nSPS) is 9.20. The lowest BCUT2D eigenvalue weighted by Crippen LogP contribution is -2.08. The predicted octanol–water partition coefficient (Wildman–Crippen LogP) is -0.543. The molecule has 0 saturated heterocycles. The smallest absolute Gasteiger partial charge is 0.390 e. The second-order valence-electron chi connectivity index (χ2n) is 1.33. The molecule has 1 rings (SSSR count). The molecule has 1 heterocycles. The second kappa shape index (κ2) is 2.21. The van der Waals surface area contributed by atoms with Crippen molar-refractivity contribution in [3.8, 4) is 0 Å². The zero-order valence-electron chi connectivity index (χ0n) is 4.64. The lowest BCUT2D eigenvalue weighted by molar-refractivity contribution is -0.395. The van der Waals surface area contributed by atoms with E-state index in [0.29, 0.717) is 0 Å². The maximum Gasteiger partial charge on any atom is 0.476 e. The van der Waals surface area contributed by atoms with Crippen molar-refractivity contribution in [3.63, 3.8) is 0 Å². The summed E-state index contributed by atoms with van der Waals surface area (Å²) in [7, 11) is 0. The molecule has 52 valence electrons. The molecule has 0 fully saturated rings. The van der Waals surface area contributed by atoms with E-state index in [1.165, 1.54) is 0 Å². The average Bonchev–Trinajstić information content (AvgIpc) is 1.88. The highest BCUT2D eigenvalue weighted by Crippen LogP contribution is 1.92. The maximum atomic E-state index is 9.91. The first-order chi connectivity index (χ1) is 4.70. The van der Waals surface area contributed by atoms with Crippen molar-refractivity contribution in [3.05, 3.63) is 22.2 Å². The lowest BCUT2D eigenvalue weighted by Gasteiger charge is -1.86. The number of nitrogens with zero attached hydrogens (tertiary/aromatic N) is 3. The Morgan fingerprint density at radius 3 is 2.90 bits per heavy atom. The van der Waals surface area contributed by atoms with E-state index in [2.05, 4.69) is 14.4 Å². The fourth-order valence-electron chi connectivity index (χ4n) is 0.357. The SMILES string of the molecule is N=c1nc([N+](=O)[O-])nco1. The first-order valence-electron chi connectivity index (χ1n) is 2.21. The first-order valence-corrected chi connectivity index (χ1v) is 2.21. The second-order valence-corrected chi connectivity index (χ2v) is 1.33. The van der Waals surface area contributed by atoms with Gasteiger partial charge in [-0.3, -0.25) is 0 Å². The van der Waals surface area contributed by atoms with Gasteiger partial charge in [0, 0.05) is 0 Å². The van der Waals surface area contributed by atoms with Gasteiger partial charge in [-0.1, -0.05) is 0 Å². The van der Waals surface area contributed by atoms with E-state index in [1.54, 1.807) is 0 Å². The van der Waals surface area contributed by atoms with E-state index in [0.717, 1.165) is 6.39 Å². The van der Waals surface area contributed by atoms with Crippen LogP contribution < -0.4 is 5.68 Å². The van der Waals surface area contributed by atoms with Crippen LogP contribution in [0.25, 0.3) is 0 Å². The zero-order valence-corrected chi connectivity index (χ0v) is 4.64. The van der Waals surface area contributed by atoms with Crippen LogP contribution in [0.3, 0.4) is 0 Å². The lowest BCUT2D eigenvalue weighted by atomic mass is 11.0. The van der Waals surface area contributed by atoms with Crippen LogP contribution in [0.15, 0.2) is 10.8 Å². The summed E-state index contributed by atoms with van der Waals surface area (Å²) < 4.78 is 4.26. The first kappa shape index (κ1) is 6.33. The Kier molecular flexibility index (Phi) is 1.40. The quantitative estimate of drug-likeness (QED) is 0.418. The highest BCUT2D eigenvalue weighted by molar-refractivity contribution is 4.94. The van der Waals surface area contributed by atoms with Crippen molar-refractivity contribution in [2.45, 2.75) is 0 Å². The summed E-state index contributed by atoms with van der Waals surface area (Å²) in [5.74, 6) is -0.628. The third-order valence-corrected chi connectivity index (χ3v) is 0.697. The molecular formula is C3H2N4O3. The summed E-state index contributed by atoms with van der Waals surface area (Å²) in [6.07, 6.45) is 0.799. The van der Waals surface area contributed by atoms with Crippen molar-refractivity contribution < 1.29 is 9.34 Å². The molecule has 0 atom stereocenters. The molecule has 0 aromatic carbocycles. The summed E-state index contributed by atoms with van der Waals surface area (Å²) >= 11 is 0. The summed E-state index contributed by atoms with van der Waals surface area (Å²) in [6.45, 7) is 0. The topological polar surface area (TPSA) is 106 Å². The maximum absolute atomic E-state index is 9.91. The Bertz CT molecular complexity index is 305. The minimum Gasteiger partial charge on any atom is -0.390 e. The van der Waals surface area contributed by atoms with Crippen LogP contribution >= 0.6 is 0 Å². The Morgan fingerprint density at radius 2 is 2.50 bits per heavy atom. The van der Waals surface area contributed by atoms with Crippen molar-refractivity contribution in [1.82, 2.24) is 9.97 Å². The van der Waals surface area contributed by atoms with Gasteiger partial charge in [0.15, 0.2) is 0 Å². The Labute approximate surface area is 54.0 Å². The number of rotatable bonds is 1. The Morgan fingerprint density at radius 1 is 1.80 bits per heavy atom. The van der Waals surface area contributed by atoms with Crippen molar-refractivity contribution in [1.29, 1.82) is 5.41 Å². The molecule has 1 aromatic rings. The zero-order chi connectivity index (χ0) is 7.56. The van der Waals surface area contributed by atoms with Crippen LogP contribution in [0.5, 0.6) is 0 Å². The van der Waals surface area contributed by atoms with Gasteiger partial charge in [-0.2, -0.15) is 0 Å². The van der Waals surface area contributed by atoms with Crippen molar-refractivity contribution in [2.24, 2.45) is 0 Å². The van der Waals surface area contributed by atoms with E-state index in [-0.39, 0.29) is 0 Å². The number of nitro groups is 1. The summed E-state index contributed by atoms with van der Waals surface area (Å²) in [4.78, 5) is 15.3. The average molecular weight is 142 g/mol. The number of hydrogen-bond acceptors (Lipinski definition) is 6. The standard InChI is InChI=1S/C3H2N4O3/c4-2-6-3(7(8)9)5-1-10-2/h1,4H. The fraction of sp³-hybridized carbons (Fsp3) is 0. The molecular weight excluding hydrogens is 140 g/mol. The van der Waals surface area contributed by atoms with Gasteiger partial charge >= 0.3 is 11.6 Å². The van der Waals surface area contributed by atoms with Gasteiger partial charge in [0.25, 0.3) is 6.39 Å². The fourth-order valence-corrected chi connectivity index (χ4v) is 0.357. The van der Waals surface area contributed by atoms with Crippen LogP contribution in [0.4, 0.5) is 5.95 Å². The number of aromatic nitrogens is 2. The molecule has 0 bridgehead atoms. The molecule has 7 nitrogen and oxygen atoms in total. The molecule has 7 heteroatoms. The third-order valence-electron chi connectivity index (χ3n) is 0.697. The van der Waals surface area contributed by atoms with Gasteiger partial charge in [-0.05, 0) is 14.9 Å². The molecule has 0 aliphatic rings. The minimum absolute atomic E-state index is 0.526. The Hall–Kier alpha value is -1.79. The van der Waals surface area contributed by atoms with Gasteiger partial charge in [-0.15, -0.1) is 0 Å². The summed E-state index contributed by atoms with van der Waals surface area (Å²) in [6, 6.07) is 0. The molecule has 0 unspecified atom stereocenters. The largest absolute Gasteiger partial charge is 0.476 e. The molecule has 0 radical (unpaired) electrons. The highest BCUT2D eigenvalue weighted by atomic mass is 16.6. The van der Waals surface area contributed by atoms with Crippen LogP contribution in [-0.2, 0) is 0 Å².